The summed E-state index contributed by atoms with van der Waals surface area (Å²) < 4.78 is 37.6. The van der Waals surface area contributed by atoms with Crippen LogP contribution >= 0.6 is 0 Å². The van der Waals surface area contributed by atoms with Crippen LogP contribution in [0, 0.1) is 0 Å². The van der Waals surface area contributed by atoms with Gasteiger partial charge in [0.1, 0.15) is 5.82 Å². The number of rotatable bonds is 10. The number of aromatic nitrogens is 1. The van der Waals surface area contributed by atoms with E-state index in [2.05, 4.69) is 20.6 Å². The van der Waals surface area contributed by atoms with Crippen molar-refractivity contribution in [2.24, 2.45) is 4.99 Å². The Hall–Kier alpha value is -2.52. The normalized spacial score (nSPS) is 11.9. The molecule has 1 rings (SSSR count). The Morgan fingerprint density at radius 2 is 1.90 bits per heavy atom. The number of carbonyl (C=O) groups is 1. The van der Waals surface area contributed by atoms with Crippen molar-refractivity contribution in [2.45, 2.75) is 33.4 Å². The number of nitrogens with zero attached hydrogens (tertiary/aromatic N) is 4. The number of alkyl halides is 3. The number of amides is 1. The second-order valence-electron chi connectivity index (χ2n) is 6.37. The van der Waals surface area contributed by atoms with Gasteiger partial charge in [0.05, 0.1) is 12.1 Å². The highest BCUT2D eigenvalue weighted by Gasteiger charge is 2.30. The Balaban J connectivity index is 2.50. The number of likely N-dealkylation sites (N-methyl/N-ethyl adjacent to an activating group) is 2. The monoisotopic (exact) mass is 416 g/mol. The van der Waals surface area contributed by atoms with E-state index >= 15 is 0 Å². The molecule has 0 radical (unpaired) electrons. The van der Waals surface area contributed by atoms with E-state index in [0.717, 1.165) is 12.3 Å². The molecule has 29 heavy (non-hydrogen) atoms. The number of carbonyl (C=O) groups excluding carboxylic acids is 1. The van der Waals surface area contributed by atoms with Crippen LogP contribution in [0.25, 0.3) is 0 Å². The molecule has 0 unspecified atom stereocenters. The highest BCUT2D eigenvalue weighted by Crippen LogP contribution is 2.28. The van der Waals surface area contributed by atoms with Crippen molar-refractivity contribution in [1.82, 2.24) is 20.1 Å². The van der Waals surface area contributed by atoms with Crippen LogP contribution in [0.3, 0.4) is 0 Å². The van der Waals surface area contributed by atoms with Crippen LogP contribution in [-0.2, 0) is 11.0 Å². The van der Waals surface area contributed by atoms with Gasteiger partial charge < -0.3 is 20.4 Å². The molecule has 0 aliphatic heterocycles. The van der Waals surface area contributed by atoms with Crippen molar-refractivity contribution in [1.29, 1.82) is 0 Å². The summed E-state index contributed by atoms with van der Waals surface area (Å²) in [7, 11) is 1.81. The number of pyridine rings is 1. The molecule has 0 saturated carbocycles. The molecule has 0 aliphatic rings. The van der Waals surface area contributed by atoms with Crippen molar-refractivity contribution < 1.29 is 18.0 Å². The Kier molecular flexibility index (Phi) is 10.3. The van der Waals surface area contributed by atoms with Gasteiger partial charge in [-0.05, 0) is 39.3 Å². The lowest BCUT2D eigenvalue weighted by atomic mass is 10.3. The first-order chi connectivity index (χ1) is 13.7. The Morgan fingerprint density at radius 1 is 1.21 bits per heavy atom. The van der Waals surface area contributed by atoms with E-state index in [4.69, 9.17) is 0 Å². The average molecular weight is 416 g/mol. The largest absolute Gasteiger partial charge is 0.417 e. The van der Waals surface area contributed by atoms with E-state index in [0.29, 0.717) is 50.9 Å². The molecule has 0 aliphatic carbocycles. The lowest BCUT2D eigenvalue weighted by Gasteiger charge is -2.25. The Labute approximate surface area is 170 Å². The molecule has 0 bridgehead atoms. The molecule has 10 heteroatoms. The third-order valence-electron chi connectivity index (χ3n) is 4.18. The maximum atomic E-state index is 12.5. The number of nitrogens with one attached hydrogen (secondary N) is 2. The van der Waals surface area contributed by atoms with Gasteiger partial charge in [-0.15, -0.1) is 0 Å². The van der Waals surface area contributed by atoms with Crippen LogP contribution in [0.2, 0.25) is 0 Å². The van der Waals surface area contributed by atoms with Gasteiger partial charge in [-0.2, -0.15) is 13.2 Å². The molecule has 0 fully saturated rings. The van der Waals surface area contributed by atoms with Gasteiger partial charge in [0, 0.05) is 46.0 Å². The van der Waals surface area contributed by atoms with Gasteiger partial charge in [-0.1, -0.05) is 0 Å². The molecule has 0 aromatic carbocycles. The first kappa shape index (κ1) is 24.5. The maximum absolute atomic E-state index is 12.5. The quantitative estimate of drug-likeness (QED) is 0.349. The standard InChI is InChI=1S/C19H31F3N6O/c1-5-23-18(27(4)14-17(29)28(6-2)7-3)25-12-8-11-24-16-10-9-15(13-26-16)19(20,21)22/h9-10,13H,5-8,11-12,14H2,1-4H3,(H,23,25)(H,24,26). The van der Waals surface area contributed by atoms with Crippen LogP contribution in [-0.4, -0.2) is 73.0 Å². The van der Waals surface area contributed by atoms with Gasteiger partial charge >= 0.3 is 6.18 Å². The van der Waals surface area contributed by atoms with Crippen LogP contribution in [0.5, 0.6) is 0 Å². The van der Waals surface area contributed by atoms with Gasteiger partial charge in [0.15, 0.2) is 5.96 Å². The lowest BCUT2D eigenvalue weighted by Crippen LogP contribution is -2.45. The maximum Gasteiger partial charge on any atom is 0.417 e. The summed E-state index contributed by atoms with van der Waals surface area (Å²) in [4.78, 5) is 24.1. The number of hydrogen-bond donors (Lipinski definition) is 2. The Morgan fingerprint density at radius 3 is 2.41 bits per heavy atom. The molecule has 1 aromatic heterocycles. The molecule has 7 nitrogen and oxygen atoms in total. The highest BCUT2D eigenvalue weighted by molar-refractivity contribution is 5.86. The summed E-state index contributed by atoms with van der Waals surface area (Å²) in [6.45, 7) is 9.10. The van der Waals surface area contributed by atoms with Crippen molar-refractivity contribution in [3.05, 3.63) is 23.9 Å². The zero-order chi connectivity index (χ0) is 21.9. The third-order valence-corrected chi connectivity index (χ3v) is 4.18. The number of halogens is 3. The average Bonchev–Trinajstić information content (AvgIpc) is 2.67. The molecular weight excluding hydrogens is 385 g/mol. The summed E-state index contributed by atoms with van der Waals surface area (Å²) in [6, 6.07) is 2.31. The SMILES string of the molecule is CCNC(=NCCCNc1ccc(C(F)(F)F)cn1)N(C)CC(=O)N(CC)CC. The highest BCUT2D eigenvalue weighted by atomic mass is 19.4. The van der Waals surface area contributed by atoms with E-state index in [1.807, 2.05) is 27.8 Å². The fourth-order valence-electron chi connectivity index (χ4n) is 2.57. The molecular formula is C19H31F3N6O. The number of hydrogen-bond acceptors (Lipinski definition) is 4. The van der Waals surface area contributed by atoms with E-state index in [1.165, 1.54) is 6.07 Å². The first-order valence-electron chi connectivity index (χ1n) is 9.77. The predicted octanol–water partition coefficient (Wildman–Crippen LogP) is 2.67. The zero-order valence-corrected chi connectivity index (χ0v) is 17.5. The zero-order valence-electron chi connectivity index (χ0n) is 17.5. The third kappa shape index (κ3) is 8.57. The van der Waals surface area contributed by atoms with Gasteiger partial charge in [0.2, 0.25) is 5.91 Å². The van der Waals surface area contributed by atoms with Crippen LogP contribution < -0.4 is 10.6 Å². The summed E-state index contributed by atoms with van der Waals surface area (Å²) in [5.74, 6) is 1.06. The minimum Gasteiger partial charge on any atom is -0.370 e. The second kappa shape index (κ2) is 12.1. The molecule has 0 saturated heterocycles. The molecule has 1 aromatic rings. The lowest BCUT2D eigenvalue weighted by molar-refractivity contribution is -0.137. The summed E-state index contributed by atoms with van der Waals surface area (Å²) >= 11 is 0. The van der Waals surface area contributed by atoms with Crippen LogP contribution in [0.1, 0.15) is 32.8 Å². The summed E-state index contributed by atoms with van der Waals surface area (Å²) in [5, 5.41) is 6.14. The fraction of sp³-hybridized carbons (Fsp3) is 0.632. The summed E-state index contributed by atoms with van der Waals surface area (Å²) in [5.41, 5.74) is -0.773. The molecule has 1 heterocycles. The van der Waals surface area contributed by atoms with Crippen molar-refractivity contribution in [2.75, 3.05) is 51.6 Å². The van der Waals surface area contributed by atoms with Crippen molar-refractivity contribution >= 4 is 17.7 Å². The predicted molar refractivity (Wildman–Crippen MR) is 109 cm³/mol. The van der Waals surface area contributed by atoms with Crippen LogP contribution in [0.15, 0.2) is 23.3 Å². The smallest absolute Gasteiger partial charge is 0.370 e. The van der Waals surface area contributed by atoms with Crippen LogP contribution in [0.4, 0.5) is 19.0 Å². The Bertz CT molecular complexity index is 644. The van der Waals surface area contributed by atoms with E-state index in [9.17, 15) is 18.0 Å². The number of aliphatic imine (C=N–C) groups is 1. The van der Waals surface area contributed by atoms with E-state index < -0.39 is 11.7 Å². The second-order valence-corrected chi connectivity index (χ2v) is 6.37. The van der Waals surface area contributed by atoms with E-state index in [1.54, 1.807) is 9.80 Å². The van der Waals surface area contributed by atoms with Gasteiger partial charge in [-0.3, -0.25) is 9.79 Å². The molecule has 0 atom stereocenters. The minimum absolute atomic E-state index is 0.0400. The minimum atomic E-state index is -4.39. The molecule has 164 valence electrons. The van der Waals surface area contributed by atoms with Gasteiger partial charge in [0.25, 0.3) is 0 Å². The first-order valence-corrected chi connectivity index (χ1v) is 9.77. The topological polar surface area (TPSA) is 72.9 Å². The van der Waals surface area contributed by atoms with Crippen molar-refractivity contribution in [3.63, 3.8) is 0 Å². The number of guanidine groups is 1. The molecule has 2 N–H and O–H groups in total. The molecule has 1 amide bonds. The van der Waals surface area contributed by atoms with Crippen molar-refractivity contribution in [3.8, 4) is 0 Å². The van der Waals surface area contributed by atoms with Gasteiger partial charge in [-0.25, -0.2) is 4.98 Å². The fourth-order valence-corrected chi connectivity index (χ4v) is 2.57. The number of anilines is 1. The summed E-state index contributed by atoms with van der Waals surface area (Å²) in [6.07, 6.45) is -2.91. The molecule has 0 spiro atoms. The van der Waals surface area contributed by atoms with E-state index in [-0.39, 0.29) is 12.5 Å².